The molecular weight excluding hydrogens is 310 g/mol. The molecule has 0 aromatic heterocycles. The number of rotatable bonds is 5. The third-order valence-electron chi connectivity index (χ3n) is 4.08. The van der Waals surface area contributed by atoms with Crippen LogP contribution in [0.4, 0.5) is 0 Å². The van der Waals surface area contributed by atoms with Gasteiger partial charge in [-0.1, -0.05) is 48.0 Å². The van der Waals surface area contributed by atoms with Gasteiger partial charge in [0.1, 0.15) is 6.23 Å². The van der Waals surface area contributed by atoms with E-state index in [1.807, 2.05) is 37.3 Å². The van der Waals surface area contributed by atoms with Gasteiger partial charge >= 0.3 is 0 Å². The summed E-state index contributed by atoms with van der Waals surface area (Å²) in [4.78, 5) is 2.30. The second kappa shape index (κ2) is 6.83. The Balaban J connectivity index is 1.72. The Kier molecular flexibility index (Phi) is 4.80. The Labute approximate surface area is 137 Å². The van der Waals surface area contributed by atoms with Gasteiger partial charge in [-0.05, 0) is 37.5 Å². The molecule has 1 saturated heterocycles. The summed E-state index contributed by atoms with van der Waals surface area (Å²) in [5.41, 5.74) is 2.19. The fraction of sp³-hybridized carbons (Fsp3) is 0.333. The summed E-state index contributed by atoms with van der Waals surface area (Å²) in [6.07, 6.45) is 1.29. The van der Waals surface area contributed by atoms with Crippen LogP contribution in [0, 0.1) is 6.92 Å². The molecule has 0 spiro atoms. The van der Waals surface area contributed by atoms with E-state index in [-0.39, 0.29) is 11.1 Å². The monoisotopic (exact) mass is 331 g/mol. The molecule has 0 aliphatic carbocycles. The summed E-state index contributed by atoms with van der Waals surface area (Å²) in [6, 6.07) is 16.8. The van der Waals surface area contributed by atoms with E-state index >= 15 is 0 Å². The lowest BCUT2D eigenvalue weighted by molar-refractivity contribution is 0.0609. The van der Waals surface area contributed by atoms with Gasteiger partial charge in [-0.2, -0.15) is 8.42 Å². The van der Waals surface area contributed by atoms with Crippen molar-refractivity contribution in [2.24, 2.45) is 0 Å². The standard InChI is InChI=1S/C18H21NO3S/c1-15-9-11-17(12-10-15)23(20,21)22-18-8-5-13-19(18)14-16-6-3-2-4-7-16/h2-4,6-7,9-12,18H,5,8,13-14H2,1H3/t18-/m0/s1. The van der Waals surface area contributed by atoms with E-state index < -0.39 is 10.1 Å². The zero-order valence-corrected chi connectivity index (χ0v) is 14.0. The van der Waals surface area contributed by atoms with E-state index in [0.29, 0.717) is 6.54 Å². The van der Waals surface area contributed by atoms with Gasteiger partial charge in [-0.15, -0.1) is 0 Å². The lowest BCUT2D eigenvalue weighted by Crippen LogP contribution is -2.33. The first kappa shape index (κ1) is 16.2. The summed E-state index contributed by atoms with van der Waals surface area (Å²) in [7, 11) is -3.73. The fourth-order valence-electron chi connectivity index (χ4n) is 2.81. The maximum absolute atomic E-state index is 12.4. The molecule has 1 fully saturated rings. The first-order valence-corrected chi connectivity index (χ1v) is 9.23. The quantitative estimate of drug-likeness (QED) is 0.789. The van der Waals surface area contributed by atoms with Crippen LogP contribution in [-0.4, -0.2) is 26.1 Å². The largest absolute Gasteiger partial charge is 0.298 e. The van der Waals surface area contributed by atoms with Crippen LogP contribution in [0.15, 0.2) is 59.5 Å². The molecule has 0 saturated carbocycles. The van der Waals surface area contributed by atoms with Gasteiger partial charge in [0.05, 0.1) is 4.90 Å². The number of aryl methyl sites for hydroxylation is 1. The average molecular weight is 331 g/mol. The second-order valence-corrected chi connectivity index (χ2v) is 7.49. The topological polar surface area (TPSA) is 46.6 Å². The zero-order chi connectivity index (χ0) is 16.3. The lowest BCUT2D eigenvalue weighted by Gasteiger charge is -2.24. The third-order valence-corrected chi connectivity index (χ3v) is 5.40. The van der Waals surface area contributed by atoms with Crippen molar-refractivity contribution in [3.63, 3.8) is 0 Å². The molecule has 1 aliphatic rings. The molecule has 3 rings (SSSR count). The van der Waals surface area contributed by atoms with Crippen molar-refractivity contribution in [1.29, 1.82) is 0 Å². The summed E-state index contributed by atoms with van der Waals surface area (Å²) in [6.45, 7) is 3.48. The molecule has 1 heterocycles. The van der Waals surface area contributed by atoms with Crippen molar-refractivity contribution >= 4 is 10.1 Å². The zero-order valence-electron chi connectivity index (χ0n) is 13.2. The van der Waals surface area contributed by atoms with Crippen LogP contribution in [0.1, 0.15) is 24.0 Å². The van der Waals surface area contributed by atoms with Crippen molar-refractivity contribution in [1.82, 2.24) is 4.90 Å². The smallest absolute Gasteiger partial charge is 0.273 e. The number of hydrogen-bond donors (Lipinski definition) is 0. The first-order chi connectivity index (χ1) is 11.0. The van der Waals surface area contributed by atoms with Gasteiger partial charge in [-0.25, -0.2) is 4.18 Å². The molecule has 1 aliphatic heterocycles. The van der Waals surface area contributed by atoms with Gasteiger partial charge in [0.2, 0.25) is 0 Å². The number of likely N-dealkylation sites (tertiary alicyclic amines) is 1. The second-order valence-electron chi connectivity index (χ2n) is 5.92. The van der Waals surface area contributed by atoms with E-state index in [0.717, 1.165) is 30.5 Å². The van der Waals surface area contributed by atoms with E-state index in [2.05, 4.69) is 4.90 Å². The van der Waals surface area contributed by atoms with Gasteiger partial charge in [0, 0.05) is 13.1 Å². The highest BCUT2D eigenvalue weighted by molar-refractivity contribution is 7.86. The van der Waals surface area contributed by atoms with E-state index in [4.69, 9.17) is 4.18 Å². The molecule has 0 amide bonds. The number of nitrogens with zero attached hydrogens (tertiary/aromatic N) is 1. The highest BCUT2D eigenvalue weighted by Crippen LogP contribution is 2.25. The minimum absolute atomic E-state index is 0.217. The first-order valence-electron chi connectivity index (χ1n) is 7.82. The molecule has 23 heavy (non-hydrogen) atoms. The lowest BCUT2D eigenvalue weighted by atomic mass is 10.2. The molecule has 0 N–H and O–H groups in total. The molecule has 5 heteroatoms. The Bertz CT molecular complexity index is 742. The highest BCUT2D eigenvalue weighted by Gasteiger charge is 2.30. The number of hydrogen-bond acceptors (Lipinski definition) is 4. The van der Waals surface area contributed by atoms with E-state index in [1.165, 1.54) is 0 Å². The van der Waals surface area contributed by atoms with Crippen LogP contribution >= 0.6 is 0 Å². The third kappa shape index (κ3) is 3.99. The predicted octanol–water partition coefficient (Wildman–Crippen LogP) is 3.32. The van der Waals surface area contributed by atoms with Gasteiger partial charge in [-0.3, -0.25) is 4.90 Å². The van der Waals surface area contributed by atoms with Crippen molar-refractivity contribution in [2.75, 3.05) is 6.54 Å². The highest BCUT2D eigenvalue weighted by atomic mass is 32.2. The van der Waals surface area contributed by atoms with E-state index in [9.17, 15) is 8.42 Å². The summed E-state index contributed by atoms with van der Waals surface area (Å²) < 4.78 is 30.4. The van der Waals surface area contributed by atoms with Gasteiger partial charge in [0.15, 0.2) is 0 Å². The Morgan fingerprint density at radius 2 is 1.78 bits per heavy atom. The fourth-order valence-corrected chi connectivity index (χ4v) is 3.90. The molecule has 122 valence electrons. The molecule has 2 aromatic rings. The minimum Gasteiger partial charge on any atom is -0.273 e. The summed E-state index contributed by atoms with van der Waals surface area (Å²) >= 11 is 0. The van der Waals surface area contributed by atoms with Crippen LogP contribution in [0.25, 0.3) is 0 Å². The summed E-state index contributed by atoms with van der Waals surface area (Å²) in [5.74, 6) is 0. The van der Waals surface area contributed by atoms with Crippen LogP contribution in [0.3, 0.4) is 0 Å². The Morgan fingerprint density at radius 3 is 2.48 bits per heavy atom. The predicted molar refractivity (Wildman–Crippen MR) is 89.3 cm³/mol. The van der Waals surface area contributed by atoms with Crippen LogP contribution in [-0.2, 0) is 20.8 Å². The number of benzene rings is 2. The molecule has 0 unspecified atom stereocenters. The molecule has 1 atom stereocenters. The molecule has 4 nitrogen and oxygen atoms in total. The Hall–Kier alpha value is -1.69. The van der Waals surface area contributed by atoms with Crippen LogP contribution in [0.2, 0.25) is 0 Å². The maximum atomic E-state index is 12.4. The van der Waals surface area contributed by atoms with Crippen molar-refractivity contribution < 1.29 is 12.6 Å². The van der Waals surface area contributed by atoms with Crippen LogP contribution in [0.5, 0.6) is 0 Å². The maximum Gasteiger partial charge on any atom is 0.298 e. The van der Waals surface area contributed by atoms with Crippen molar-refractivity contribution in [2.45, 2.75) is 37.4 Å². The Morgan fingerprint density at radius 1 is 1.09 bits per heavy atom. The van der Waals surface area contributed by atoms with E-state index in [1.54, 1.807) is 24.3 Å². The van der Waals surface area contributed by atoms with Crippen LogP contribution < -0.4 is 0 Å². The minimum atomic E-state index is -3.73. The SMILES string of the molecule is Cc1ccc(S(=O)(=O)O[C@H]2CCCN2Cc2ccccc2)cc1. The summed E-state index contributed by atoms with van der Waals surface area (Å²) in [5, 5.41) is 0. The van der Waals surface area contributed by atoms with Crippen molar-refractivity contribution in [3.05, 3.63) is 65.7 Å². The van der Waals surface area contributed by atoms with Crippen molar-refractivity contribution in [3.8, 4) is 0 Å². The van der Waals surface area contributed by atoms with Gasteiger partial charge < -0.3 is 0 Å². The van der Waals surface area contributed by atoms with Gasteiger partial charge in [0.25, 0.3) is 10.1 Å². The molecule has 2 aromatic carbocycles. The molecule has 0 bridgehead atoms. The normalized spacial score (nSPS) is 19.1. The average Bonchev–Trinajstić information content (AvgIpc) is 2.95. The molecule has 0 radical (unpaired) electrons. The molecular formula is C18H21NO3S.